The van der Waals surface area contributed by atoms with E-state index in [0.29, 0.717) is 12.5 Å². The zero-order valence-electron chi connectivity index (χ0n) is 13.3. The molecule has 0 saturated heterocycles. The Morgan fingerprint density at radius 1 is 1.27 bits per heavy atom. The van der Waals surface area contributed by atoms with Crippen molar-refractivity contribution in [2.45, 2.75) is 24.8 Å². The third-order valence-corrected chi connectivity index (χ3v) is 4.49. The average molecular weight is 319 g/mol. The van der Waals surface area contributed by atoms with Gasteiger partial charge in [0.1, 0.15) is 12.1 Å². The minimum Gasteiger partial charge on any atom is -0.478 e. The van der Waals surface area contributed by atoms with E-state index in [-0.39, 0.29) is 6.04 Å². The second kappa shape index (κ2) is 7.35. The Hall–Kier alpha value is -1.95. The van der Waals surface area contributed by atoms with Crippen LogP contribution in [0, 0.1) is 0 Å². The number of ether oxygens (including phenoxy) is 1. The highest BCUT2D eigenvalue weighted by Crippen LogP contribution is 2.25. The average Bonchev–Trinajstić information content (AvgIpc) is 2.54. The molecule has 0 aliphatic heterocycles. The van der Waals surface area contributed by atoms with Gasteiger partial charge >= 0.3 is 0 Å². The maximum absolute atomic E-state index is 11.5. The lowest BCUT2D eigenvalue weighted by atomic mass is 10.1. The lowest BCUT2D eigenvalue weighted by Gasteiger charge is -2.26. The topological polar surface area (TPSA) is 55.3 Å². The van der Waals surface area contributed by atoms with Gasteiger partial charge in [0.2, 0.25) is 5.88 Å². The molecule has 0 spiro atoms. The van der Waals surface area contributed by atoms with Gasteiger partial charge in [-0.2, -0.15) is 0 Å². The molecule has 2 unspecified atom stereocenters. The van der Waals surface area contributed by atoms with Crippen LogP contribution in [0.15, 0.2) is 41.6 Å². The lowest BCUT2D eigenvalue weighted by Crippen LogP contribution is -2.22. The molecule has 1 aromatic carbocycles. The second-order valence-electron chi connectivity index (χ2n) is 4.96. The van der Waals surface area contributed by atoms with Crippen molar-refractivity contribution < 1.29 is 8.95 Å². The summed E-state index contributed by atoms with van der Waals surface area (Å²) < 4.78 is 16.9. The molecule has 1 heterocycles. The van der Waals surface area contributed by atoms with Crippen LogP contribution in [0.2, 0.25) is 0 Å². The molecule has 0 bridgehead atoms. The molecule has 0 radical (unpaired) electrons. The molecule has 1 aromatic heterocycles. The van der Waals surface area contributed by atoms with Crippen molar-refractivity contribution in [3.8, 4) is 5.88 Å². The summed E-state index contributed by atoms with van der Waals surface area (Å²) in [5, 5.41) is 0. The normalized spacial score (nSPS) is 13.5. The molecule has 5 nitrogen and oxygen atoms in total. The quantitative estimate of drug-likeness (QED) is 0.819. The minimum absolute atomic E-state index is 0.128. The summed E-state index contributed by atoms with van der Waals surface area (Å²) in [4.78, 5) is 11.3. The molecule has 2 atom stereocenters. The first-order valence-electron chi connectivity index (χ1n) is 7.14. The Morgan fingerprint density at radius 3 is 2.55 bits per heavy atom. The molecule has 2 aromatic rings. The van der Waals surface area contributed by atoms with Crippen LogP contribution in [-0.2, 0) is 10.8 Å². The summed E-state index contributed by atoms with van der Waals surface area (Å²) in [6.45, 7) is 4.60. The van der Waals surface area contributed by atoms with E-state index >= 15 is 0 Å². The van der Waals surface area contributed by atoms with Gasteiger partial charge in [0.25, 0.3) is 0 Å². The Kier molecular flexibility index (Phi) is 5.49. The van der Waals surface area contributed by atoms with E-state index in [4.69, 9.17) is 4.74 Å². The van der Waals surface area contributed by atoms with Crippen molar-refractivity contribution in [1.82, 2.24) is 9.97 Å². The summed E-state index contributed by atoms with van der Waals surface area (Å²) in [5.74, 6) is 1.37. The van der Waals surface area contributed by atoms with E-state index in [2.05, 4.69) is 21.8 Å². The zero-order chi connectivity index (χ0) is 16.1. The SMILES string of the molecule is CCOc1cc(N(C)C(C)c2ccc(S(C)=O)cc2)ncn1. The van der Waals surface area contributed by atoms with Crippen molar-refractivity contribution >= 4 is 16.6 Å². The van der Waals surface area contributed by atoms with E-state index in [9.17, 15) is 4.21 Å². The van der Waals surface area contributed by atoms with Crippen molar-refractivity contribution in [2.24, 2.45) is 0 Å². The van der Waals surface area contributed by atoms with Gasteiger partial charge in [-0.1, -0.05) is 12.1 Å². The number of hydrogen-bond acceptors (Lipinski definition) is 5. The van der Waals surface area contributed by atoms with Gasteiger partial charge < -0.3 is 9.64 Å². The minimum atomic E-state index is -0.953. The summed E-state index contributed by atoms with van der Waals surface area (Å²) in [6.07, 6.45) is 3.19. The molecule has 0 amide bonds. The Labute approximate surface area is 133 Å². The van der Waals surface area contributed by atoms with Crippen LogP contribution >= 0.6 is 0 Å². The first kappa shape index (κ1) is 16.4. The van der Waals surface area contributed by atoms with Gasteiger partial charge in [0, 0.05) is 35.1 Å². The fourth-order valence-electron chi connectivity index (χ4n) is 2.11. The maximum Gasteiger partial charge on any atom is 0.218 e. The highest BCUT2D eigenvalue weighted by Gasteiger charge is 2.14. The summed E-state index contributed by atoms with van der Waals surface area (Å²) in [6, 6.07) is 9.77. The third kappa shape index (κ3) is 3.82. The van der Waals surface area contributed by atoms with Gasteiger partial charge in [-0.05, 0) is 31.5 Å². The molecule has 0 fully saturated rings. The maximum atomic E-state index is 11.5. The van der Waals surface area contributed by atoms with E-state index < -0.39 is 10.8 Å². The Balaban J connectivity index is 2.19. The number of aromatic nitrogens is 2. The number of hydrogen-bond donors (Lipinski definition) is 0. The number of anilines is 1. The molecular weight excluding hydrogens is 298 g/mol. The monoisotopic (exact) mass is 319 g/mol. The van der Waals surface area contributed by atoms with Crippen LogP contribution < -0.4 is 9.64 Å². The van der Waals surface area contributed by atoms with E-state index in [1.54, 1.807) is 6.26 Å². The highest BCUT2D eigenvalue weighted by molar-refractivity contribution is 7.84. The molecule has 0 aliphatic rings. The molecule has 6 heteroatoms. The predicted octanol–water partition coefficient (Wildman–Crippen LogP) is 2.81. The molecule has 118 valence electrons. The van der Waals surface area contributed by atoms with Crippen LogP contribution in [0.4, 0.5) is 5.82 Å². The van der Waals surface area contributed by atoms with Crippen molar-refractivity contribution in [2.75, 3.05) is 24.8 Å². The van der Waals surface area contributed by atoms with Gasteiger partial charge in [-0.25, -0.2) is 9.97 Å². The van der Waals surface area contributed by atoms with Crippen molar-refractivity contribution in [3.05, 3.63) is 42.2 Å². The fraction of sp³-hybridized carbons (Fsp3) is 0.375. The van der Waals surface area contributed by atoms with Crippen LogP contribution in [0.25, 0.3) is 0 Å². The van der Waals surface area contributed by atoms with Gasteiger partial charge in [-0.3, -0.25) is 4.21 Å². The van der Waals surface area contributed by atoms with E-state index in [1.165, 1.54) is 6.33 Å². The number of benzene rings is 1. The third-order valence-electron chi connectivity index (χ3n) is 3.56. The molecule has 0 saturated carbocycles. The predicted molar refractivity (Wildman–Crippen MR) is 88.8 cm³/mol. The van der Waals surface area contributed by atoms with Gasteiger partial charge in [0.05, 0.1) is 12.6 Å². The van der Waals surface area contributed by atoms with Gasteiger partial charge in [-0.15, -0.1) is 0 Å². The van der Waals surface area contributed by atoms with E-state index in [1.807, 2.05) is 44.3 Å². The lowest BCUT2D eigenvalue weighted by molar-refractivity contribution is 0.326. The Morgan fingerprint density at radius 2 is 1.95 bits per heavy atom. The van der Waals surface area contributed by atoms with Crippen LogP contribution in [0.5, 0.6) is 5.88 Å². The summed E-state index contributed by atoms with van der Waals surface area (Å²) in [5.41, 5.74) is 1.13. The fourth-order valence-corrected chi connectivity index (χ4v) is 2.63. The first-order valence-corrected chi connectivity index (χ1v) is 8.69. The molecule has 22 heavy (non-hydrogen) atoms. The van der Waals surface area contributed by atoms with Crippen molar-refractivity contribution in [1.29, 1.82) is 0 Å². The Bertz CT molecular complexity index is 646. The zero-order valence-corrected chi connectivity index (χ0v) is 14.1. The van der Waals surface area contributed by atoms with Crippen LogP contribution in [0.3, 0.4) is 0 Å². The number of nitrogens with zero attached hydrogens (tertiary/aromatic N) is 3. The number of rotatable bonds is 6. The first-order chi connectivity index (χ1) is 10.5. The summed E-state index contributed by atoms with van der Waals surface area (Å²) >= 11 is 0. The highest BCUT2D eigenvalue weighted by atomic mass is 32.2. The van der Waals surface area contributed by atoms with Crippen LogP contribution in [0.1, 0.15) is 25.5 Å². The molecular formula is C16H21N3O2S. The van der Waals surface area contributed by atoms with Gasteiger partial charge in [0.15, 0.2) is 0 Å². The largest absolute Gasteiger partial charge is 0.478 e. The van der Waals surface area contributed by atoms with Crippen molar-refractivity contribution in [3.63, 3.8) is 0 Å². The van der Waals surface area contributed by atoms with E-state index in [0.717, 1.165) is 16.3 Å². The molecule has 2 rings (SSSR count). The summed E-state index contributed by atoms with van der Waals surface area (Å²) in [7, 11) is 1.03. The molecule has 0 aliphatic carbocycles. The smallest absolute Gasteiger partial charge is 0.218 e. The molecule has 0 N–H and O–H groups in total. The second-order valence-corrected chi connectivity index (χ2v) is 6.34. The van der Waals surface area contributed by atoms with Crippen LogP contribution in [-0.4, -0.2) is 34.1 Å². The standard InChI is InChI=1S/C16H21N3O2S/c1-5-21-16-10-15(17-11-18-16)19(3)12(2)13-6-8-14(9-7-13)22(4)20/h6-12H,5H2,1-4H3.